The number of hydrogen-bond acceptors (Lipinski definition) is 4. The average molecular weight is 373 g/mol. The quantitative estimate of drug-likeness (QED) is 0.764. The second-order valence-corrected chi connectivity index (χ2v) is 9.07. The molecule has 0 bridgehead atoms. The molecular weight excluding hydrogens is 340 g/mol. The molecule has 0 saturated carbocycles. The van der Waals surface area contributed by atoms with Crippen molar-refractivity contribution in [2.45, 2.75) is 58.8 Å². The number of hydrogen-bond donors (Lipinski definition) is 2. The van der Waals surface area contributed by atoms with Crippen LogP contribution in [0.2, 0.25) is 0 Å². The van der Waals surface area contributed by atoms with E-state index in [1.165, 1.54) is 14.2 Å². The largest absolute Gasteiger partial charge is 0.507 e. The summed E-state index contributed by atoms with van der Waals surface area (Å²) in [4.78, 5) is 0. The summed E-state index contributed by atoms with van der Waals surface area (Å²) < 4.78 is 10.5. The maximum Gasteiger partial charge on any atom is 0.200 e. The first kappa shape index (κ1) is 20.9. The lowest BCUT2D eigenvalue weighted by atomic mass is 9.78. The van der Waals surface area contributed by atoms with Crippen molar-refractivity contribution >= 4 is 0 Å². The maximum atomic E-state index is 10.9. The number of aromatic hydroxyl groups is 2. The van der Waals surface area contributed by atoms with Gasteiger partial charge in [0.25, 0.3) is 0 Å². The molecule has 0 spiro atoms. The van der Waals surface area contributed by atoms with Gasteiger partial charge in [-0.15, -0.1) is 0 Å². The number of rotatable bonds is 4. The van der Waals surface area contributed by atoms with E-state index >= 15 is 0 Å². The molecule has 2 aromatic rings. The minimum Gasteiger partial charge on any atom is -0.507 e. The fourth-order valence-corrected chi connectivity index (χ4v) is 3.23. The molecule has 2 rings (SSSR count). The van der Waals surface area contributed by atoms with Gasteiger partial charge >= 0.3 is 0 Å². The van der Waals surface area contributed by atoms with Crippen molar-refractivity contribution in [1.29, 1.82) is 0 Å². The second kappa shape index (κ2) is 7.34. The zero-order chi connectivity index (χ0) is 20.6. The first-order valence-corrected chi connectivity index (χ1v) is 9.19. The van der Waals surface area contributed by atoms with Gasteiger partial charge in [-0.2, -0.15) is 0 Å². The normalized spacial score (nSPS) is 12.1. The van der Waals surface area contributed by atoms with Crippen LogP contribution in [-0.2, 0) is 17.3 Å². The SMILES string of the molecule is COc1cc(Cc2cc(C(C)(C)C)c(O)c(C(C)(C)C)c2)cc(OC)c1O. The average Bonchev–Trinajstić information content (AvgIpc) is 2.55. The van der Waals surface area contributed by atoms with Crippen molar-refractivity contribution < 1.29 is 19.7 Å². The van der Waals surface area contributed by atoms with Crippen molar-refractivity contribution in [2.24, 2.45) is 0 Å². The fraction of sp³-hybridized carbons (Fsp3) is 0.478. The van der Waals surface area contributed by atoms with Gasteiger partial charge in [0.15, 0.2) is 11.5 Å². The fourth-order valence-electron chi connectivity index (χ4n) is 3.23. The zero-order valence-electron chi connectivity index (χ0n) is 17.7. The molecule has 0 aliphatic carbocycles. The molecule has 0 aliphatic rings. The van der Waals surface area contributed by atoms with E-state index in [4.69, 9.17) is 9.47 Å². The van der Waals surface area contributed by atoms with Crippen LogP contribution in [0.3, 0.4) is 0 Å². The molecular formula is C23H32O4. The van der Waals surface area contributed by atoms with Crippen LogP contribution in [0.1, 0.15) is 63.8 Å². The molecule has 0 atom stereocenters. The minimum absolute atomic E-state index is 0.000201. The van der Waals surface area contributed by atoms with Gasteiger partial charge in [-0.3, -0.25) is 0 Å². The summed E-state index contributed by atoms with van der Waals surface area (Å²) in [6.45, 7) is 12.6. The van der Waals surface area contributed by atoms with E-state index in [1.54, 1.807) is 0 Å². The Morgan fingerprint density at radius 1 is 0.667 bits per heavy atom. The molecule has 27 heavy (non-hydrogen) atoms. The van der Waals surface area contributed by atoms with E-state index in [9.17, 15) is 10.2 Å². The second-order valence-electron chi connectivity index (χ2n) is 9.07. The minimum atomic E-state index is -0.176. The highest BCUT2D eigenvalue weighted by Gasteiger charge is 2.26. The molecule has 2 N–H and O–H groups in total. The molecule has 4 nitrogen and oxygen atoms in total. The van der Waals surface area contributed by atoms with Crippen molar-refractivity contribution in [3.63, 3.8) is 0 Å². The molecule has 148 valence electrons. The molecule has 0 fully saturated rings. The third kappa shape index (κ3) is 4.49. The van der Waals surface area contributed by atoms with Crippen molar-refractivity contribution in [3.05, 3.63) is 46.5 Å². The Bertz CT molecular complexity index is 763. The third-order valence-electron chi connectivity index (χ3n) is 4.73. The van der Waals surface area contributed by atoms with Gasteiger partial charge in [0.05, 0.1) is 14.2 Å². The van der Waals surface area contributed by atoms with Gasteiger partial charge in [0.2, 0.25) is 5.75 Å². The van der Waals surface area contributed by atoms with Crippen LogP contribution < -0.4 is 9.47 Å². The molecule has 0 aromatic heterocycles. The summed E-state index contributed by atoms with van der Waals surface area (Å²) in [5.41, 5.74) is 3.57. The Balaban J connectivity index is 2.60. The Morgan fingerprint density at radius 2 is 1.04 bits per heavy atom. The lowest BCUT2D eigenvalue weighted by Gasteiger charge is -2.28. The van der Waals surface area contributed by atoms with Crippen molar-refractivity contribution in [3.8, 4) is 23.0 Å². The molecule has 0 amide bonds. The number of methoxy groups -OCH3 is 2. The molecule has 4 heteroatoms. The summed E-state index contributed by atoms with van der Waals surface area (Å²) in [7, 11) is 3.04. The molecule has 0 heterocycles. The van der Waals surface area contributed by atoms with Crippen LogP contribution in [-0.4, -0.2) is 24.4 Å². The summed E-state index contributed by atoms with van der Waals surface area (Å²) in [6.07, 6.45) is 0.638. The van der Waals surface area contributed by atoms with Gasteiger partial charge in [-0.05, 0) is 51.6 Å². The Hall–Kier alpha value is -2.36. The lowest BCUT2D eigenvalue weighted by molar-refractivity contribution is 0.339. The lowest BCUT2D eigenvalue weighted by Crippen LogP contribution is -2.18. The van der Waals surface area contributed by atoms with Gasteiger partial charge in [0, 0.05) is 0 Å². The maximum absolute atomic E-state index is 10.9. The van der Waals surface area contributed by atoms with Crippen LogP contribution in [0.5, 0.6) is 23.0 Å². The molecule has 2 aromatic carbocycles. The van der Waals surface area contributed by atoms with Gasteiger partial charge in [-0.1, -0.05) is 53.7 Å². The predicted octanol–water partition coefficient (Wildman–Crippen LogP) is 5.30. The predicted molar refractivity (Wildman–Crippen MR) is 110 cm³/mol. The van der Waals surface area contributed by atoms with Gasteiger partial charge in [0.1, 0.15) is 5.75 Å². The van der Waals surface area contributed by atoms with E-state index in [2.05, 4.69) is 53.7 Å². The molecule has 0 aliphatic heterocycles. The van der Waals surface area contributed by atoms with Crippen LogP contribution >= 0.6 is 0 Å². The Labute approximate surface area is 162 Å². The van der Waals surface area contributed by atoms with Gasteiger partial charge < -0.3 is 19.7 Å². The van der Waals surface area contributed by atoms with E-state index in [1.807, 2.05) is 12.1 Å². The van der Waals surface area contributed by atoms with E-state index in [0.717, 1.165) is 22.3 Å². The summed E-state index contributed by atoms with van der Waals surface area (Å²) in [5.74, 6) is 1.14. The van der Waals surface area contributed by atoms with E-state index in [-0.39, 0.29) is 16.6 Å². The highest BCUT2D eigenvalue weighted by atomic mass is 16.5. The topological polar surface area (TPSA) is 58.9 Å². The van der Waals surface area contributed by atoms with E-state index in [0.29, 0.717) is 23.7 Å². The smallest absolute Gasteiger partial charge is 0.200 e. The van der Waals surface area contributed by atoms with E-state index < -0.39 is 0 Å². The van der Waals surface area contributed by atoms with Gasteiger partial charge in [-0.25, -0.2) is 0 Å². The highest BCUT2D eigenvalue weighted by molar-refractivity contribution is 5.55. The first-order chi connectivity index (χ1) is 12.4. The Kier molecular flexibility index (Phi) is 5.69. The molecule has 0 radical (unpaired) electrons. The third-order valence-corrected chi connectivity index (χ3v) is 4.73. The van der Waals surface area contributed by atoms with Crippen LogP contribution in [0.25, 0.3) is 0 Å². The Morgan fingerprint density at radius 3 is 1.37 bits per heavy atom. The zero-order valence-corrected chi connectivity index (χ0v) is 17.7. The summed E-state index contributed by atoms with van der Waals surface area (Å²) in [5, 5.41) is 21.0. The molecule has 0 saturated heterocycles. The van der Waals surface area contributed by atoms with Crippen LogP contribution in [0.15, 0.2) is 24.3 Å². The van der Waals surface area contributed by atoms with Crippen LogP contribution in [0.4, 0.5) is 0 Å². The van der Waals surface area contributed by atoms with Crippen molar-refractivity contribution in [2.75, 3.05) is 14.2 Å². The highest BCUT2D eigenvalue weighted by Crippen LogP contribution is 2.41. The monoisotopic (exact) mass is 372 g/mol. The first-order valence-electron chi connectivity index (χ1n) is 9.19. The standard InChI is InChI=1S/C23H32O4/c1-22(2,3)16-10-14(11-17(20(16)24)23(4,5)6)9-15-12-18(26-7)21(25)19(13-15)27-8/h10-13,24-25H,9H2,1-8H3. The number of phenolic OH excluding ortho intramolecular Hbond substituents is 2. The van der Waals surface area contributed by atoms with Crippen molar-refractivity contribution in [1.82, 2.24) is 0 Å². The summed E-state index contributed by atoms with van der Waals surface area (Å²) >= 11 is 0. The van der Waals surface area contributed by atoms with Crippen LogP contribution in [0, 0.1) is 0 Å². The molecule has 0 unspecified atom stereocenters. The summed E-state index contributed by atoms with van der Waals surface area (Å²) in [6, 6.07) is 7.77. The number of phenols is 2. The number of benzene rings is 2. The number of ether oxygens (including phenoxy) is 2.